The second kappa shape index (κ2) is 5.62. The predicted octanol–water partition coefficient (Wildman–Crippen LogP) is 5.43. The topological polar surface area (TPSA) is 15.8 Å². The number of halogens is 2. The van der Waals surface area contributed by atoms with Gasteiger partial charge in [0.05, 0.1) is 12.7 Å². The highest BCUT2D eigenvalue weighted by atomic mass is 79.9. The molecule has 1 aromatic rings. The van der Waals surface area contributed by atoms with Gasteiger partial charge in [-0.1, -0.05) is 41.5 Å². The Balaban J connectivity index is 3.47. The average Bonchev–Trinajstić information content (AvgIpc) is 2.49. The number of aromatic nitrogens is 1. The Labute approximate surface area is 123 Å². The second-order valence-corrected chi connectivity index (χ2v) is 13.2. The molecule has 0 aliphatic rings. The zero-order valence-electron chi connectivity index (χ0n) is 11.6. The number of rotatable bonds is 4. The van der Waals surface area contributed by atoms with E-state index in [1.807, 2.05) is 0 Å². The third kappa shape index (κ3) is 2.45. The van der Waals surface area contributed by atoms with Crippen molar-refractivity contribution in [3.63, 3.8) is 0 Å². The monoisotopic (exact) mass is 379 g/mol. The van der Waals surface area contributed by atoms with Crippen molar-refractivity contribution in [3.05, 3.63) is 15.3 Å². The predicted molar refractivity (Wildman–Crippen MR) is 86.9 cm³/mol. The van der Waals surface area contributed by atoms with Gasteiger partial charge < -0.3 is 4.98 Å². The zero-order valence-corrected chi connectivity index (χ0v) is 15.7. The average molecular weight is 381 g/mol. The Morgan fingerprint density at radius 2 is 1.35 bits per heavy atom. The number of hydrogen-bond acceptors (Lipinski definition) is 0. The summed E-state index contributed by atoms with van der Waals surface area (Å²) in [5, 5.41) is 1.53. The molecular formula is C13H23Br2NSi. The Morgan fingerprint density at radius 3 is 1.59 bits per heavy atom. The van der Waals surface area contributed by atoms with Crippen molar-refractivity contribution in [2.24, 2.45) is 0 Å². The first-order valence-corrected chi connectivity index (χ1v) is 10.1. The molecule has 0 radical (unpaired) electrons. The molecule has 0 saturated carbocycles. The molecule has 0 unspecified atom stereocenters. The molecular weight excluding hydrogens is 358 g/mol. The van der Waals surface area contributed by atoms with Gasteiger partial charge in [0.25, 0.3) is 0 Å². The first-order valence-electron chi connectivity index (χ1n) is 6.29. The maximum Gasteiger partial charge on any atom is 0.0977 e. The summed E-state index contributed by atoms with van der Waals surface area (Å²) in [7, 11) is -1.54. The fourth-order valence-corrected chi connectivity index (χ4v) is 12.1. The van der Waals surface area contributed by atoms with E-state index in [2.05, 4.69) is 84.6 Å². The molecule has 0 aliphatic heterocycles. The molecule has 0 spiro atoms. The molecule has 0 bridgehead atoms. The summed E-state index contributed by atoms with van der Waals surface area (Å²) >= 11 is 7.32. The van der Waals surface area contributed by atoms with Crippen LogP contribution < -0.4 is 5.19 Å². The molecule has 0 aromatic carbocycles. The lowest BCUT2D eigenvalue weighted by atomic mass is 10.5. The SMILES string of the molecule is CC(C)[Si](c1c[nH]c(Br)c1Br)(C(C)C)C(C)C. The molecule has 4 heteroatoms. The summed E-state index contributed by atoms with van der Waals surface area (Å²) in [6, 6.07) is 0. The highest BCUT2D eigenvalue weighted by Crippen LogP contribution is 2.43. The standard InChI is InChI=1S/C13H23Br2NSi/c1-8(2)17(9(3)4,10(5)6)11-7-16-13(15)12(11)14/h7-10,16H,1-6H3. The smallest absolute Gasteiger partial charge is 0.0977 e. The van der Waals surface area contributed by atoms with Crippen LogP contribution in [0.25, 0.3) is 0 Å². The lowest BCUT2D eigenvalue weighted by Crippen LogP contribution is -2.55. The molecule has 1 heterocycles. The minimum atomic E-state index is -1.54. The van der Waals surface area contributed by atoms with Crippen LogP contribution in [0.3, 0.4) is 0 Å². The van der Waals surface area contributed by atoms with Crippen LogP contribution in [0.2, 0.25) is 16.6 Å². The van der Waals surface area contributed by atoms with Gasteiger partial charge in [-0.2, -0.15) is 0 Å². The van der Waals surface area contributed by atoms with Gasteiger partial charge in [-0.25, -0.2) is 0 Å². The van der Waals surface area contributed by atoms with Crippen LogP contribution in [0.1, 0.15) is 41.5 Å². The second-order valence-electron chi connectivity index (χ2n) is 5.73. The largest absolute Gasteiger partial charge is 0.355 e. The Kier molecular flexibility index (Phi) is 5.13. The van der Waals surface area contributed by atoms with Crippen molar-refractivity contribution >= 4 is 45.1 Å². The first kappa shape index (κ1) is 15.5. The molecule has 1 rings (SSSR count). The van der Waals surface area contributed by atoms with Crippen molar-refractivity contribution in [1.82, 2.24) is 4.98 Å². The van der Waals surface area contributed by atoms with Gasteiger partial charge in [0.1, 0.15) is 0 Å². The number of H-pyrrole nitrogens is 1. The number of nitrogens with one attached hydrogen (secondary N) is 1. The van der Waals surface area contributed by atoms with Crippen molar-refractivity contribution in [1.29, 1.82) is 0 Å². The normalized spacial score (nSPS) is 13.1. The molecule has 0 saturated heterocycles. The van der Waals surface area contributed by atoms with Gasteiger partial charge in [0.15, 0.2) is 0 Å². The van der Waals surface area contributed by atoms with E-state index in [0.717, 1.165) is 21.2 Å². The summed E-state index contributed by atoms with van der Waals surface area (Å²) in [4.78, 5) is 3.31. The summed E-state index contributed by atoms with van der Waals surface area (Å²) in [6.45, 7) is 14.3. The maximum absolute atomic E-state index is 3.75. The Morgan fingerprint density at radius 1 is 0.941 bits per heavy atom. The van der Waals surface area contributed by atoms with E-state index in [-0.39, 0.29) is 0 Å². The van der Waals surface area contributed by atoms with Crippen molar-refractivity contribution in [2.75, 3.05) is 0 Å². The Hall–Kier alpha value is 0.457. The quantitative estimate of drug-likeness (QED) is 0.670. The van der Waals surface area contributed by atoms with Gasteiger partial charge in [-0.05, 0) is 53.7 Å². The van der Waals surface area contributed by atoms with E-state index in [1.54, 1.807) is 0 Å². The molecule has 1 nitrogen and oxygen atoms in total. The lowest BCUT2D eigenvalue weighted by molar-refractivity contribution is 0.835. The van der Waals surface area contributed by atoms with Gasteiger partial charge in [0, 0.05) is 10.7 Å². The van der Waals surface area contributed by atoms with E-state index < -0.39 is 8.07 Å². The van der Waals surface area contributed by atoms with Crippen LogP contribution in [0.15, 0.2) is 15.3 Å². The summed E-state index contributed by atoms with van der Waals surface area (Å²) in [5.74, 6) is 0. The molecule has 1 aromatic heterocycles. The van der Waals surface area contributed by atoms with Crippen LogP contribution in [-0.4, -0.2) is 13.1 Å². The third-order valence-electron chi connectivity index (χ3n) is 4.10. The summed E-state index contributed by atoms with van der Waals surface area (Å²) in [5.41, 5.74) is 2.21. The summed E-state index contributed by atoms with van der Waals surface area (Å²) < 4.78 is 2.31. The first-order chi connectivity index (χ1) is 7.76. The van der Waals surface area contributed by atoms with E-state index in [1.165, 1.54) is 9.66 Å². The van der Waals surface area contributed by atoms with Crippen LogP contribution in [0, 0.1) is 0 Å². The van der Waals surface area contributed by atoms with E-state index >= 15 is 0 Å². The summed E-state index contributed by atoms with van der Waals surface area (Å²) in [6.07, 6.45) is 2.21. The molecule has 17 heavy (non-hydrogen) atoms. The number of aromatic amines is 1. The van der Waals surface area contributed by atoms with Gasteiger partial charge in [-0.3, -0.25) is 0 Å². The zero-order chi connectivity index (χ0) is 13.4. The van der Waals surface area contributed by atoms with Gasteiger partial charge in [-0.15, -0.1) is 0 Å². The van der Waals surface area contributed by atoms with Crippen molar-refractivity contribution in [2.45, 2.75) is 58.2 Å². The third-order valence-corrected chi connectivity index (χ3v) is 13.5. The van der Waals surface area contributed by atoms with E-state index in [9.17, 15) is 0 Å². The Bertz CT molecular complexity index is 361. The van der Waals surface area contributed by atoms with E-state index in [4.69, 9.17) is 0 Å². The van der Waals surface area contributed by atoms with Gasteiger partial charge in [0.2, 0.25) is 0 Å². The van der Waals surface area contributed by atoms with Crippen molar-refractivity contribution in [3.8, 4) is 0 Å². The maximum atomic E-state index is 3.75. The van der Waals surface area contributed by atoms with Crippen LogP contribution in [0.5, 0.6) is 0 Å². The molecule has 0 aliphatic carbocycles. The lowest BCUT2D eigenvalue weighted by Gasteiger charge is -2.43. The highest BCUT2D eigenvalue weighted by Gasteiger charge is 2.46. The fraction of sp³-hybridized carbons (Fsp3) is 0.692. The van der Waals surface area contributed by atoms with E-state index in [0.29, 0.717) is 0 Å². The van der Waals surface area contributed by atoms with Crippen LogP contribution in [-0.2, 0) is 0 Å². The van der Waals surface area contributed by atoms with Crippen molar-refractivity contribution < 1.29 is 0 Å². The molecule has 0 atom stereocenters. The van der Waals surface area contributed by atoms with Crippen LogP contribution in [0.4, 0.5) is 0 Å². The molecule has 98 valence electrons. The molecule has 1 N–H and O–H groups in total. The van der Waals surface area contributed by atoms with Crippen LogP contribution >= 0.6 is 31.9 Å². The highest BCUT2D eigenvalue weighted by molar-refractivity contribution is 9.13. The molecule has 0 amide bonds. The number of hydrogen-bond donors (Lipinski definition) is 1. The minimum absolute atomic E-state index is 0.737. The minimum Gasteiger partial charge on any atom is -0.355 e. The molecule has 0 fully saturated rings. The van der Waals surface area contributed by atoms with Gasteiger partial charge >= 0.3 is 0 Å². The fourth-order valence-electron chi connectivity index (χ4n) is 3.63.